The number of carbonyl (C=O) groups is 3. The van der Waals surface area contributed by atoms with Crippen molar-refractivity contribution in [3.05, 3.63) is 70.3 Å². The summed E-state index contributed by atoms with van der Waals surface area (Å²) in [6.07, 6.45) is 2.69. The summed E-state index contributed by atoms with van der Waals surface area (Å²) >= 11 is 0. The first-order valence-corrected chi connectivity index (χ1v) is 13.5. The maximum Gasteiger partial charge on any atom is 0.255 e. The molecule has 0 spiro atoms. The van der Waals surface area contributed by atoms with Gasteiger partial charge in [0.1, 0.15) is 6.04 Å². The van der Waals surface area contributed by atoms with Crippen LogP contribution < -0.4 is 5.32 Å². The fourth-order valence-electron chi connectivity index (χ4n) is 6.64. The van der Waals surface area contributed by atoms with Gasteiger partial charge in [-0.1, -0.05) is 38.1 Å². The highest BCUT2D eigenvalue weighted by molar-refractivity contribution is 6.05. The highest BCUT2D eigenvalue weighted by Gasteiger charge is 2.53. The van der Waals surface area contributed by atoms with Crippen molar-refractivity contribution >= 4 is 17.7 Å². The average Bonchev–Trinajstić information content (AvgIpc) is 3.25. The molecule has 2 aromatic rings. The molecule has 2 N–H and O–H groups in total. The molecule has 198 valence electrons. The van der Waals surface area contributed by atoms with Crippen LogP contribution in [0.1, 0.15) is 78.6 Å². The second kappa shape index (κ2) is 9.97. The Balaban J connectivity index is 1.38. The molecule has 3 heterocycles. The van der Waals surface area contributed by atoms with Gasteiger partial charge < -0.3 is 10.0 Å². The molecule has 2 saturated heterocycles. The van der Waals surface area contributed by atoms with Gasteiger partial charge in [0, 0.05) is 43.6 Å². The highest BCUT2D eigenvalue weighted by Crippen LogP contribution is 2.51. The third kappa shape index (κ3) is 4.30. The molecule has 38 heavy (non-hydrogen) atoms. The second-order valence-electron chi connectivity index (χ2n) is 10.9. The number of amides is 3. The van der Waals surface area contributed by atoms with Gasteiger partial charge in [-0.25, -0.2) is 0 Å². The number of carbonyl (C=O) groups excluding carboxylic acids is 3. The van der Waals surface area contributed by atoms with Gasteiger partial charge in [0.25, 0.3) is 5.91 Å². The van der Waals surface area contributed by atoms with Crippen molar-refractivity contribution in [2.75, 3.05) is 13.1 Å². The first-order chi connectivity index (χ1) is 18.2. The highest BCUT2D eigenvalue weighted by atomic mass is 16.3. The van der Waals surface area contributed by atoms with Crippen molar-refractivity contribution in [3.8, 4) is 6.07 Å². The van der Waals surface area contributed by atoms with Crippen LogP contribution in [0.4, 0.5) is 0 Å². The number of piperidine rings is 2. The minimum atomic E-state index is -1.06. The Morgan fingerprint density at radius 3 is 2.50 bits per heavy atom. The van der Waals surface area contributed by atoms with Crippen molar-refractivity contribution in [1.29, 1.82) is 5.26 Å². The number of nitriles is 1. The average molecular weight is 515 g/mol. The number of rotatable bonds is 6. The molecule has 0 aromatic heterocycles. The van der Waals surface area contributed by atoms with E-state index in [9.17, 15) is 19.5 Å². The van der Waals surface area contributed by atoms with Gasteiger partial charge in [-0.3, -0.25) is 24.6 Å². The lowest BCUT2D eigenvalue weighted by Crippen LogP contribution is -2.57. The molecule has 3 aliphatic heterocycles. The normalized spacial score (nSPS) is 25.2. The Hall–Kier alpha value is -3.54. The van der Waals surface area contributed by atoms with E-state index in [4.69, 9.17) is 5.26 Å². The molecule has 5 rings (SSSR count). The molecular weight excluding hydrogens is 480 g/mol. The molecule has 3 amide bonds. The molecule has 0 saturated carbocycles. The number of hydrogen-bond donors (Lipinski definition) is 2. The van der Waals surface area contributed by atoms with E-state index >= 15 is 0 Å². The van der Waals surface area contributed by atoms with E-state index in [1.807, 2.05) is 36.4 Å². The zero-order valence-corrected chi connectivity index (χ0v) is 22.0. The van der Waals surface area contributed by atoms with Crippen molar-refractivity contribution in [3.63, 3.8) is 0 Å². The number of imide groups is 1. The summed E-state index contributed by atoms with van der Waals surface area (Å²) in [6, 6.07) is 14.8. The van der Waals surface area contributed by atoms with Crippen molar-refractivity contribution in [2.45, 2.75) is 70.7 Å². The maximum absolute atomic E-state index is 13.2. The molecule has 2 aromatic carbocycles. The molecule has 0 aliphatic carbocycles. The Kier molecular flexibility index (Phi) is 6.84. The molecule has 8 heteroatoms. The summed E-state index contributed by atoms with van der Waals surface area (Å²) in [5.74, 6) is -0.935. The quantitative estimate of drug-likeness (QED) is 0.573. The number of fused-ring (bicyclic) bond motifs is 1. The molecule has 8 nitrogen and oxygen atoms in total. The van der Waals surface area contributed by atoms with Gasteiger partial charge in [-0.05, 0) is 60.6 Å². The van der Waals surface area contributed by atoms with E-state index in [0.29, 0.717) is 30.5 Å². The number of aliphatic hydroxyl groups is 1. The van der Waals surface area contributed by atoms with E-state index in [1.54, 1.807) is 11.0 Å². The van der Waals surface area contributed by atoms with Crippen LogP contribution in [-0.2, 0) is 28.3 Å². The van der Waals surface area contributed by atoms with Crippen LogP contribution in [-0.4, -0.2) is 51.8 Å². The van der Waals surface area contributed by atoms with E-state index < -0.39 is 17.6 Å². The topological polar surface area (TPSA) is 114 Å². The number of likely N-dealkylation sites (tertiary alicyclic amines) is 1. The lowest BCUT2D eigenvalue weighted by molar-refractivity contribution is -0.148. The van der Waals surface area contributed by atoms with Crippen molar-refractivity contribution < 1.29 is 19.5 Å². The van der Waals surface area contributed by atoms with Crippen LogP contribution in [0.2, 0.25) is 0 Å². The van der Waals surface area contributed by atoms with Crippen LogP contribution >= 0.6 is 0 Å². The smallest absolute Gasteiger partial charge is 0.255 e. The summed E-state index contributed by atoms with van der Waals surface area (Å²) in [4.78, 5) is 41.1. The second-order valence-corrected chi connectivity index (χ2v) is 10.9. The van der Waals surface area contributed by atoms with Gasteiger partial charge in [-0.2, -0.15) is 5.26 Å². The summed E-state index contributed by atoms with van der Waals surface area (Å²) in [6.45, 7) is 6.75. The zero-order chi connectivity index (χ0) is 27.1. The molecule has 2 atom stereocenters. The van der Waals surface area contributed by atoms with Gasteiger partial charge >= 0.3 is 0 Å². The third-order valence-electron chi connectivity index (χ3n) is 9.04. The summed E-state index contributed by atoms with van der Waals surface area (Å²) < 4.78 is 0. The third-order valence-corrected chi connectivity index (χ3v) is 9.04. The lowest BCUT2D eigenvalue weighted by Gasteiger charge is -2.54. The monoisotopic (exact) mass is 514 g/mol. The molecule has 0 radical (unpaired) electrons. The largest absolute Gasteiger partial charge is 0.384 e. The van der Waals surface area contributed by atoms with E-state index in [-0.39, 0.29) is 23.7 Å². The predicted molar refractivity (Wildman–Crippen MR) is 140 cm³/mol. The zero-order valence-electron chi connectivity index (χ0n) is 22.0. The standard InChI is InChI=1S/C30H34N4O4/c1-3-29(4-2)19-33(17-21-7-5-20(16-31)6-8-21)14-13-30(29,38)23-9-10-24-22(15-23)18-34(28(24)37)25-11-12-26(35)32-27(25)36/h5-10,15,25,38H,3-4,11-14,17-19H2,1-2H3,(H,32,35,36)/t25-,30-/m0/s1. The van der Waals surface area contributed by atoms with Crippen molar-refractivity contribution in [2.24, 2.45) is 5.41 Å². The minimum absolute atomic E-state index is 0.206. The molecule has 0 unspecified atom stereocenters. The minimum Gasteiger partial charge on any atom is -0.384 e. The van der Waals surface area contributed by atoms with Crippen LogP contribution in [0.3, 0.4) is 0 Å². The Morgan fingerprint density at radius 1 is 1.11 bits per heavy atom. The van der Waals surface area contributed by atoms with Crippen LogP contribution in [0.25, 0.3) is 0 Å². The Labute approximate surface area is 223 Å². The molecule has 0 bridgehead atoms. The summed E-state index contributed by atoms with van der Waals surface area (Å²) in [7, 11) is 0. The molecule has 3 aliphatic rings. The number of benzene rings is 2. The first-order valence-electron chi connectivity index (χ1n) is 13.5. The first kappa shape index (κ1) is 26.1. The van der Waals surface area contributed by atoms with E-state index in [1.165, 1.54) is 0 Å². The Morgan fingerprint density at radius 2 is 1.84 bits per heavy atom. The van der Waals surface area contributed by atoms with Crippen LogP contribution in [0, 0.1) is 16.7 Å². The molecule has 2 fully saturated rings. The molecular formula is C30H34N4O4. The van der Waals surface area contributed by atoms with Crippen LogP contribution in [0.5, 0.6) is 0 Å². The number of nitrogens with zero attached hydrogens (tertiary/aromatic N) is 3. The number of hydrogen-bond acceptors (Lipinski definition) is 6. The van der Waals surface area contributed by atoms with Gasteiger partial charge in [-0.15, -0.1) is 0 Å². The SMILES string of the molecule is CCC1(CC)CN(Cc2ccc(C#N)cc2)CC[C@]1(O)c1ccc2c(c1)CN([C@H]1CCC(=O)NC1=O)C2=O. The predicted octanol–water partition coefficient (Wildman–Crippen LogP) is 3.22. The van der Waals surface area contributed by atoms with Gasteiger partial charge in [0.05, 0.1) is 17.2 Å². The van der Waals surface area contributed by atoms with Crippen molar-refractivity contribution in [1.82, 2.24) is 15.1 Å². The summed E-state index contributed by atoms with van der Waals surface area (Å²) in [5.41, 5.74) is 2.53. The Bertz CT molecular complexity index is 1310. The van der Waals surface area contributed by atoms with Gasteiger partial charge in [0.2, 0.25) is 11.8 Å². The maximum atomic E-state index is 13.2. The fourth-order valence-corrected chi connectivity index (χ4v) is 6.64. The number of nitrogens with one attached hydrogen (secondary N) is 1. The summed E-state index contributed by atoms with van der Waals surface area (Å²) in [5, 5.41) is 23.8. The lowest BCUT2D eigenvalue weighted by atomic mass is 9.61. The van der Waals surface area contributed by atoms with Gasteiger partial charge in [0.15, 0.2) is 0 Å². The fraction of sp³-hybridized carbons (Fsp3) is 0.467. The van der Waals surface area contributed by atoms with Crippen LogP contribution in [0.15, 0.2) is 42.5 Å². The van der Waals surface area contributed by atoms with E-state index in [0.717, 1.165) is 49.2 Å². The van der Waals surface area contributed by atoms with E-state index in [2.05, 4.69) is 30.1 Å².